The molecule has 0 saturated carbocycles. The number of Topliss-reactive ketones (excluding diaryl/α,β-unsaturated/α-hetero) is 1. The van der Waals surface area contributed by atoms with Crippen molar-refractivity contribution in [3.8, 4) is 17.1 Å². The van der Waals surface area contributed by atoms with Crippen LogP contribution >= 0.6 is 0 Å². The van der Waals surface area contributed by atoms with Gasteiger partial charge >= 0.3 is 0 Å². The summed E-state index contributed by atoms with van der Waals surface area (Å²) < 4.78 is 24.0. The monoisotopic (exact) mass is 367 g/mol. The Labute approximate surface area is 155 Å². The average Bonchev–Trinajstić information content (AvgIpc) is 3.04. The number of ketones is 1. The minimum atomic E-state index is -0.399. The standard InChI is InChI=1S/C21H18FNO4/c1-12(24)15-6-9-19(26-3)18(10-15)23-21(25)17-11-20(27-13(17)2)14-4-7-16(22)8-5-14/h4-11H,1-3H3,(H,23,25). The number of amides is 1. The van der Waals surface area contributed by atoms with E-state index >= 15 is 0 Å². The van der Waals surface area contributed by atoms with Gasteiger partial charge in [-0.2, -0.15) is 0 Å². The van der Waals surface area contributed by atoms with E-state index in [0.29, 0.717) is 39.6 Å². The predicted molar refractivity (Wildman–Crippen MR) is 99.8 cm³/mol. The fraction of sp³-hybridized carbons (Fsp3) is 0.143. The largest absolute Gasteiger partial charge is 0.495 e. The molecule has 0 spiro atoms. The van der Waals surface area contributed by atoms with Crippen molar-refractivity contribution in [1.82, 2.24) is 0 Å². The summed E-state index contributed by atoms with van der Waals surface area (Å²) in [6.45, 7) is 3.12. The summed E-state index contributed by atoms with van der Waals surface area (Å²) in [7, 11) is 1.48. The number of halogens is 1. The van der Waals surface area contributed by atoms with Crippen LogP contribution in [0.4, 0.5) is 10.1 Å². The van der Waals surface area contributed by atoms with Crippen molar-refractivity contribution >= 4 is 17.4 Å². The number of carbonyl (C=O) groups is 2. The molecule has 0 saturated heterocycles. The fourth-order valence-corrected chi connectivity index (χ4v) is 2.68. The van der Waals surface area contributed by atoms with Crippen LogP contribution < -0.4 is 10.1 Å². The number of hydrogen-bond acceptors (Lipinski definition) is 4. The second-order valence-electron chi connectivity index (χ2n) is 6.01. The van der Waals surface area contributed by atoms with Crippen molar-refractivity contribution in [2.24, 2.45) is 0 Å². The van der Waals surface area contributed by atoms with Crippen LogP contribution in [0.5, 0.6) is 5.75 Å². The third-order valence-corrected chi connectivity index (χ3v) is 4.15. The minimum absolute atomic E-state index is 0.119. The van der Waals surface area contributed by atoms with E-state index in [9.17, 15) is 14.0 Å². The van der Waals surface area contributed by atoms with Crippen LogP contribution in [0.25, 0.3) is 11.3 Å². The van der Waals surface area contributed by atoms with Gasteiger partial charge in [-0.1, -0.05) is 0 Å². The maximum absolute atomic E-state index is 13.1. The van der Waals surface area contributed by atoms with Gasteiger partial charge in [-0.05, 0) is 62.4 Å². The van der Waals surface area contributed by atoms with Crippen molar-refractivity contribution in [2.75, 3.05) is 12.4 Å². The molecule has 0 atom stereocenters. The molecule has 3 aromatic rings. The van der Waals surface area contributed by atoms with E-state index in [4.69, 9.17) is 9.15 Å². The maximum Gasteiger partial charge on any atom is 0.259 e. The highest BCUT2D eigenvalue weighted by molar-refractivity contribution is 6.07. The van der Waals surface area contributed by atoms with E-state index in [1.807, 2.05) is 0 Å². The van der Waals surface area contributed by atoms with Crippen LogP contribution in [-0.2, 0) is 0 Å². The van der Waals surface area contributed by atoms with Crippen molar-refractivity contribution in [3.63, 3.8) is 0 Å². The second-order valence-corrected chi connectivity index (χ2v) is 6.01. The zero-order valence-electron chi connectivity index (χ0n) is 15.1. The summed E-state index contributed by atoms with van der Waals surface area (Å²) in [5, 5.41) is 2.75. The number of ether oxygens (including phenoxy) is 1. The van der Waals surface area contributed by atoms with E-state index < -0.39 is 5.91 Å². The first-order valence-corrected chi connectivity index (χ1v) is 8.25. The Morgan fingerprint density at radius 3 is 2.41 bits per heavy atom. The molecule has 0 unspecified atom stereocenters. The lowest BCUT2D eigenvalue weighted by Gasteiger charge is -2.11. The third-order valence-electron chi connectivity index (χ3n) is 4.15. The Morgan fingerprint density at radius 2 is 1.78 bits per heavy atom. The number of carbonyl (C=O) groups excluding carboxylic acids is 2. The number of nitrogens with one attached hydrogen (secondary N) is 1. The number of hydrogen-bond donors (Lipinski definition) is 1. The van der Waals surface area contributed by atoms with Crippen molar-refractivity contribution in [3.05, 3.63) is 71.2 Å². The Hall–Kier alpha value is -3.41. The highest BCUT2D eigenvalue weighted by atomic mass is 19.1. The fourth-order valence-electron chi connectivity index (χ4n) is 2.68. The summed E-state index contributed by atoms with van der Waals surface area (Å²) >= 11 is 0. The molecule has 138 valence electrons. The van der Waals surface area contributed by atoms with Gasteiger partial charge in [-0.15, -0.1) is 0 Å². The predicted octanol–water partition coefficient (Wildman–Crippen LogP) is 4.86. The second kappa shape index (κ2) is 7.45. The SMILES string of the molecule is COc1ccc(C(C)=O)cc1NC(=O)c1cc(-c2ccc(F)cc2)oc1C. The van der Waals surface area contributed by atoms with E-state index in [1.54, 1.807) is 43.3 Å². The molecule has 1 N–H and O–H groups in total. The molecule has 1 amide bonds. The van der Waals surface area contributed by atoms with Gasteiger partial charge in [0, 0.05) is 11.1 Å². The van der Waals surface area contributed by atoms with Crippen molar-refractivity contribution in [2.45, 2.75) is 13.8 Å². The first-order valence-electron chi connectivity index (χ1n) is 8.25. The molecule has 3 rings (SSSR count). The summed E-state index contributed by atoms with van der Waals surface area (Å²) in [5.41, 5.74) is 1.85. The molecule has 0 bridgehead atoms. The first-order chi connectivity index (χ1) is 12.9. The lowest BCUT2D eigenvalue weighted by atomic mass is 10.1. The average molecular weight is 367 g/mol. The van der Waals surface area contributed by atoms with Crippen LogP contribution in [-0.4, -0.2) is 18.8 Å². The molecule has 0 aliphatic rings. The molecule has 0 fully saturated rings. The smallest absolute Gasteiger partial charge is 0.259 e. The van der Waals surface area contributed by atoms with E-state index in [1.165, 1.54) is 26.2 Å². The molecule has 0 aliphatic heterocycles. The molecule has 27 heavy (non-hydrogen) atoms. The summed E-state index contributed by atoms with van der Waals surface area (Å²) in [5.74, 6) is 0.455. The van der Waals surface area contributed by atoms with Gasteiger partial charge in [-0.25, -0.2) is 4.39 Å². The van der Waals surface area contributed by atoms with Crippen LogP contribution in [0.15, 0.2) is 52.9 Å². The molecular weight excluding hydrogens is 349 g/mol. The molecule has 0 radical (unpaired) electrons. The molecule has 5 nitrogen and oxygen atoms in total. The molecule has 1 heterocycles. The Kier molecular flexibility index (Phi) is 5.07. The van der Waals surface area contributed by atoms with Crippen molar-refractivity contribution < 1.29 is 23.1 Å². The lowest BCUT2D eigenvalue weighted by molar-refractivity contribution is 0.101. The quantitative estimate of drug-likeness (QED) is 0.654. The van der Waals surface area contributed by atoms with Gasteiger partial charge in [0.2, 0.25) is 0 Å². The maximum atomic E-state index is 13.1. The summed E-state index contributed by atoms with van der Waals surface area (Å²) in [6, 6.07) is 12.2. The highest BCUT2D eigenvalue weighted by Crippen LogP contribution is 2.29. The Balaban J connectivity index is 1.90. The lowest BCUT2D eigenvalue weighted by Crippen LogP contribution is -2.13. The molecule has 1 aromatic heterocycles. The highest BCUT2D eigenvalue weighted by Gasteiger charge is 2.18. The zero-order valence-corrected chi connectivity index (χ0v) is 15.1. The molecule has 2 aromatic carbocycles. The van der Waals surface area contributed by atoms with Gasteiger partial charge in [0.15, 0.2) is 5.78 Å². The van der Waals surface area contributed by atoms with E-state index in [-0.39, 0.29) is 11.6 Å². The zero-order chi connectivity index (χ0) is 19.6. The van der Waals surface area contributed by atoms with E-state index in [0.717, 1.165) is 0 Å². The minimum Gasteiger partial charge on any atom is -0.495 e. The van der Waals surface area contributed by atoms with E-state index in [2.05, 4.69) is 5.32 Å². The van der Waals surface area contributed by atoms with Crippen molar-refractivity contribution in [1.29, 1.82) is 0 Å². The summed E-state index contributed by atoms with van der Waals surface area (Å²) in [4.78, 5) is 24.3. The Bertz CT molecular complexity index is 1010. The number of anilines is 1. The topological polar surface area (TPSA) is 68.5 Å². The normalized spacial score (nSPS) is 10.5. The van der Waals surface area contributed by atoms with Gasteiger partial charge in [0.25, 0.3) is 5.91 Å². The van der Waals surface area contributed by atoms with Gasteiger partial charge in [-0.3, -0.25) is 9.59 Å². The number of aryl methyl sites for hydroxylation is 1. The van der Waals surface area contributed by atoms with Crippen LogP contribution in [0.2, 0.25) is 0 Å². The summed E-state index contributed by atoms with van der Waals surface area (Å²) in [6.07, 6.45) is 0. The molecule has 6 heteroatoms. The molecule has 0 aliphatic carbocycles. The van der Waals surface area contributed by atoms with Crippen LogP contribution in [0.1, 0.15) is 33.4 Å². The first kappa shape index (κ1) is 18.4. The molecular formula is C21H18FNO4. The van der Waals surface area contributed by atoms with Crippen LogP contribution in [0, 0.1) is 12.7 Å². The van der Waals surface area contributed by atoms with Gasteiger partial charge < -0.3 is 14.5 Å². The number of benzene rings is 2. The number of furan rings is 1. The van der Waals surface area contributed by atoms with Gasteiger partial charge in [0.1, 0.15) is 23.1 Å². The van der Waals surface area contributed by atoms with Gasteiger partial charge in [0.05, 0.1) is 18.4 Å². The number of rotatable bonds is 5. The third kappa shape index (κ3) is 3.89. The Morgan fingerprint density at radius 1 is 1.07 bits per heavy atom. The number of methoxy groups -OCH3 is 1. The van der Waals surface area contributed by atoms with Crippen LogP contribution in [0.3, 0.4) is 0 Å².